The second-order valence-corrected chi connectivity index (χ2v) is 2.35. The second-order valence-electron chi connectivity index (χ2n) is 2.35. The predicted octanol–water partition coefficient (Wildman–Crippen LogP) is -2.62. The number of hydrogen-bond donors (Lipinski definition) is 4. The maximum absolute atomic E-state index is 8.96. The minimum absolute atomic E-state index is 0.0284. The van der Waals surface area contributed by atoms with E-state index in [9.17, 15) is 0 Å². The first-order valence-corrected chi connectivity index (χ1v) is 3.04. The zero-order valence-corrected chi connectivity index (χ0v) is 5.34. The Kier molecular flexibility index (Phi) is 2.22. The van der Waals surface area contributed by atoms with Crippen LogP contribution in [0.3, 0.4) is 0 Å². The molecule has 5 N–H and O–H groups in total. The van der Waals surface area contributed by atoms with Crippen LogP contribution in [-0.4, -0.2) is 46.5 Å². The minimum atomic E-state index is -1.19. The highest BCUT2D eigenvalue weighted by atomic mass is 16.5. The largest absolute Gasteiger partial charge is 0.388 e. The molecule has 5 nitrogen and oxygen atoms in total. The predicted molar refractivity (Wildman–Crippen MR) is 31.9 cm³/mol. The summed E-state index contributed by atoms with van der Waals surface area (Å²) in [5.74, 6) is 0. The SMILES string of the molecule is NC1OC[C@@H](O)[C@H](O)C1O. The van der Waals surface area contributed by atoms with Gasteiger partial charge in [-0.2, -0.15) is 0 Å². The molecule has 0 bridgehead atoms. The Balaban J connectivity index is 2.52. The lowest BCUT2D eigenvalue weighted by atomic mass is 10.1. The van der Waals surface area contributed by atoms with Crippen LogP contribution >= 0.6 is 0 Å². The summed E-state index contributed by atoms with van der Waals surface area (Å²) >= 11 is 0. The van der Waals surface area contributed by atoms with Gasteiger partial charge < -0.3 is 25.8 Å². The van der Waals surface area contributed by atoms with Gasteiger partial charge in [0, 0.05) is 0 Å². The fraction of sp³-hybridized carbons (Fsp3) is 1.00. The first-order valence-electron chi connectivity index (χ1n) is 3.04. The van der Waals surface area contributed by atoms with Crippen LogP contribution < -0.4 is 5.73 Å². The molecule has 0 saturated carbocycles. The summed E-state index contributed by atoms with van der Waals surface area (Å²) in [6.07, 6.45) is -4.30. The van der Waals surface area contributed by atoms with Crippen molar-refractivity contribution in [2.75, 3.05) is 6.61 Å². The molecule has 5 heteroatoms. The van der Waals surface area contributed by atoms with E-state index in [2.05, 4.69) is 0 Å². The van der Waals surface area contributed by atoms with Crippen molar-refractivity contribution in [1.82, 2.24) is 0 Å². The lowest BCUT2D eigenvalue weighted by molar-refractivity contribution is -0.184. The molecule has 1 heterocycles. The van der Waals surface area contributed by atoms with E-state index in [1.807, 2.05) is 0 Å². The van der Waals surface area contributed by atoms with Crippen LogP contribution in [0.2, 0.25) is 0 Å². The molecule has 0 aromatic carbocycles. The average Bonchev–Trinajstić information content (AvgIpc) is 1.93. The Bertz CT molecular complexity index is 106. The Labute approximate surface area is 58.0 Å². The van der Waals surface area contributed by atoms with E-state index in [4.69, 9.17) is 25.8 Å². The molecule has 4 atom stereocenters. The van der Waals surface area contributed by atoms with Gasteiger partial charge in [0.15, 0.2) is 0 Å². The summed E-state index contributed by atoms with van der Waals surface area (Å²) < 4.78 is 4.69. The monoisotopic (exact) mass is 149 g/mol. The van der Waals surface area contributed by atoms with Crippen molar-refractivity contribution >= 4 is 0 Å². The van der Waals surface area contributed by atoms with Crippen LogP contribution in [0.1, 0.15) is 0 Å². The third-order valence-electron chi connectivity index (χ3n) is 1.54. The smallest absolute Gasteiger partial charge is 0.134 e. The molecule has 0 amide bonds. The number of hydrogen-bond acceptors (Lipinski definition) is 5. The molecule has 0 aromatic rings. The van der Waals surface area contributed by atoms with Crippen LogP contribution in [0.5, 0.6) is 0 Å². The van der Waals surface area contributed by atoms with Crippen molar-refractivity contribution in [2.45, 2.75) is 24.5 Å². The maximum Gasteiger partial charge on any atom is 0.134 e. The molecule has 0 spiro atoms. The highest BCUT2D eigenvalue weighted by Crippen LogP contribution is 2.11. The van der Waals surface area contributed by atoms with Gasteiger partial charge in [0.2, 0.25) is 0 Å². The van der Waals surface area contributed by atoms with Gasteiger partial charge in [-0.1, -0.05) is 0 Å². The van der Waals surface area contributed by atoms with Crippen LogP contribution in [0.4, 0.5) is 0 Å². The molecule has 1 aliphatic rings. The highest BCUT2D eigenvalue weighted by molar-refractivity contribution is 4.83. The third-order valence-corrected chi connectivity index (χ3v) is 1.54. The molecule has 1 saturated heterocycles. The number of ether oxygens (including phenoxy) is 1. The fourth-order valence-electron chi connectivity index (χ4n) is 0.829. The van der Waals surface area contributed by atoms with Gasteiger partial charge in [-0.15, -0.1) is 0 Å². The van der Waals surface area contributed by atoms with Crippen LogP contribution in [0.15, 0.2) is 0 Å². The minimum Gasteiger partial charge on any atom is -0.388 e. The van der Waals surface area contributed by atoms with Crippen LogP contribution in [0.25, 0.3) is 0 Å². The van der Waals surface area contributed by atoms with E-state index in [1.165, 1.54) is 0 Å². The Morgan fingerprint density at radius 3 is 2.30 bits per heavy atom. The molecule has 0 aromatic heterocycles. The molecule has 1 fully saturated rings. The number of nitrogens with two attached hydrogens (primary N) is 1. The Morgan fingerprint density at radius 1 is 1.20 bits per heavy atom. The molecule has 0 aliphatic carbocycles. The van der Waals surface area contributed by atoms with Crippen molar-refractivity contribution in [3.8, 4) is 0 Å². The zero-order valence-electron chi connectivity index (χ0n) is 5.34. The van der Waals surface area contributed by atoms with Gasteiger partial charge in [-0.05, 0) is 0 Å². The van der Waals surface area contributed by atoms with Gasteiger partial charge in [0.05, 0.1) is 6.61 Å². The number of aliphatic hydroxyl groups excluding tert-OH is 3. The summed E-state index contributed by atoms with van der Waals surface area (Å²) in [5, 5.41) is 26.8. The van der Waals surface area contributed by atoms with Gasteiger partial charge in [0.25, 0.3) is 0 Å². The molecular weight excluding hydrogens is 138 g/mol. The van der Waals surface area contributed by atoms with E-state index in [0.717, 1.165) is 0 Å². The maximum atomic E-state index is 8.96. The third kappa shape index (κ3) is 1.28. The lowest BCUT2D eigenvalue weighted by Gasteiger charge is -2.32. The molecule has 1 rings (SSSR count). The molecule has 2 unspecified atom stereocenters. The summed E-state index contributed by atoms with van der Waals surface area (Å²) in [4.78, 5) is 0. The zero-order chi connectivity index (χ0) is 7.72. The molecule has 10 heavy (non-hydrogen) atoms. The van der Waals surface area contributed by atoms with Crippen LogP contribution in [0, 0.1) is 0 Å². The molecule has 0 radical (unpaired) electrons. The van der Waals surface area contributed by atoms with E-state index in [1.54, 1.807) is 0 Å². The number of rotatable bonds is 0. The standard InChI is InChI=1S/C5H11NO4/c6-5-4(9)3(8)2(7)1-10-5/h2-5,7-9H,1,6H2/t2-,3+,4?,5?/m1/s1. The Hall–Kier alpha value is -0.200. The second kappa shape index (κ2) is 2.81. The fourth-order valence-corrected chi connectivity index (χ4v) is 0.829. The average molecular weight is 149 g/mol. The van der Waals surface area contributed by atoms with Gasteiger partial charge in [0.1, 0.15) is 24.5 Å². The van der Waals surface area contributed by atoms with E-state index >= 15 is 0 Å². The molecular formula is C5H11NO4. The van der Waals surface area contributed by atoms with Gasteiger partial charge >= 0.3 is 0 Å². The van der Waals surface area contributed by atoms with Gasteiger partial charge in [-0.25, -0.2) is 0 Å². The van der Waals surface area contributed by atoms with E-state index < -0.39 is 24.5 Å². The topological polar surface area (TPSA) is 95.9 Å². The summed E-state index contributed by atoms with van der Waals surface area (Å²) in [5.41, 5.74) is 5.19. The first-order chi connectivity index (χ1) is 4.63. The Morgan fingerprint density at radius 2 is 1.80 bits per heavy atom. The normalized spacial score (nSPS) is 49.2. The lowest BCUT2D eigenvalue weighted by Crippen LogP contribution is -2.56. The molecule has 1 aliphatic heterocycles. The summed E-state index contributed by atoms with van der Waals surface area (Å²) in [6.45, 7) is -0.0284. The molecule has 60 valence electrons. The van der Waals surface area contributed by atoms with Crippen molar-refractivity contribution in [1.29, 1.82) is 0 Å². The van der Waals surface area contributed by atoms with Gasteiger partial charge in [-0.3, -0.25) is 0 Å². The van der Waals surface area contributed by atoms with Crippen molar-refractivity contribution in [3.05, 3.63) is 0 Å². The van der Waals surface area contributed by atoms with Crippen molar-refractivity contribution < 1.29 is 20.1 Å². The number of aliphatic hydroxyl groups is 3. The summed E-state index contributed by atoms with van der Waals surface area (Å²) in [7, 11) is 0. The van der Waals surface area contributed by atoms with E-state index in [-0.39, 0.29) is 6.61 Å². The quantitative estimate of drug-likeness (QED) is 0.302. The summed E-state index contributed by atoms with van der Waals surface area (Å²) in [6, 6.07) is 0. The first kappa shape index (κ1) is 7.90. The highest BCUT2D eigenvalue weighted by Gasteiger charge is 2.35. The van der Waals surface area contributed by atoms with Crippen LogP contribution in [-0.2, 0) is 4.74 Å². The van der Waals surface area contributed by atoms with Crippen molar-refractivity contribution in [2.24, 2.45) is 5.73 Å². The van der Waals surface area contributed by atoms with Crippen molar-refractivity contribution in [3.63, 3.8) is 0 Å². The van der Waals surface area contributed by atoms with E-state index in [0.29, 0.717) is 0 Å².